The lowest BCUT2D eigenvalue weighted by molar-refractivity contribution is 0.174. The molecule has 1 unspecified atom stereocenters. The fraction of sp³-hybridized carbons (Fsp3) is 0.474. The van der Waals surface area contributed by atoms with E-state index >= 15 is 0 Å². The van der Waals surface area contributed by atoms with Crippen LogP contribution in [-0.2, 0) is 11.3 Å². The average molecular weight is 343 g/mol. The number of aliphatic imine (C=N–C) groups is 1. The minimum atomic E-state index is 0.321. The van der Waals surface area contributed by atoms with Crippen LogP contribution in [0.15, 0.2) is 34.3 Å². The number of benzene rings is 1. The van der Waals surface area contributed by atoms with Crippen LogP contribution in [-0.4, -0.2) is 41.4 Å². The van der Waals surface area contributed by atoms with E-state index in [1.54, 1.807) is 18.9 Å². The predicted octanol–water partition coefficient (Wildman–Crippen LogP) is 4.25. The summed E-state index contributed by atoms with van der Waals surface area (Å²) in [5.74, 6) is 0. The Morgan fingerprint density at radius 2 is 2.21 bits per heavy atom. The Kier molecular flexibility index (Phi) is 5.41. The van der Waals surface area contributed by atoms with Gasteiger partial charge in [-0.3, -0.25) is 4.99 Å². The number of pyridine rings is 1. The molecule has 0 amide bonds. The number of hydrogen-bond donors (Lipinski definition) is 0. The van der Waals surface area contributed by atoms with E-state index in [1.165, 1.54) is 16.5 Å². The molecule has 0 saturated heterocycles. The van der Waals surface area contributed by atoms with Crippen LogP contribution in [0.1, 0.15) is 31.4 Å². The molecule has 0 fully saturated rings. The van der Waals surface area contributed by atoms with Gasteiger partial charge in [-0.25, -0.2) is 4.98 Å². The zero-order valence-corrected chi connectivity index (χ0v) is 15.7. The van der Waals surface area contributed by atoms with Gasteiger partial charge < -0.3 is 9.64 Å². The predicted molar refractivity (Wildman–Crippen MR) is 102 cm³/mol. The highest BCUT2D eigenvalue weighted by molar-refractivity contribution is 8.13. The van der Waals surface area contributed by atoms with Crippen molar-refractivity contribution in [1.29, 1.82) is 0 Å². The fourth-order valence-electron chi connectivity index (χ4n) is 2.71. The van der Waals surface area contributed by atoms with Crippen molar-refractivity contribution in [2.24, 2.45) is 4.99 Å². The molecule has 1 atom stereocenters. The number of aromatic nitrogens is 1. The molecule has 5 heteroatoms. The summed E-state index contributed by atoms with van der Waals surface area (Å²) in [6.07, 6.45) is 1.04. The summed E-state index contributed by atoms with van der Waals surface area (Å²) in [5.41, 5.74) is 3.60. The molecule has 2 heterocycles. The molecule has 1 aromatic carbocycles. The first kappa shape index (κ1) is 17.2. The van der Waals surface area contributed by atoms with Gasteiger partial charge >= 0.3 is 0 Å². The lowest BCUT2D eigenvalue weighted by atomic mass is 10.1. The van der Waals surface area contributed by atoms with E-state index in [4.69, 9.17) is 14.7 Å². The van der Waals surface area contributed by atoms with Crippen LogP contribution in [0.4, 0.5) is 0 Å². The molecule has 2 aromatic rings. The number of fused-ring (bicyclic) bond motifs is 2. The van der Waals surface area contributed by atoms with Crippen molar-refractivity contribution >= 4 is 27.8 Å². The fourth-order valence-corrected chi connectivity index (χ4v) is 3.80. The standard InChI is InChI=1S/C19H25N3OS/c1-5-14(3)20-19-22(8-9-23-4)12-16-11-15-10-13(2)6-7-17(15)21-18(16)24-19/h6-7,10-11,14H,5,8-9,12H2,1-4H3. The number of aryl methyl sites for hydroxylation is 1. The van der Waals surface area contributed by atoms with Gasteiger partial charge in [0.05, 0.1) is 12.1 Å². The number of hydrogen-bond acceptors (Lipinski definition) is 4. The topological polar surface area (TPSA) is 37.7 Å². The average Bonchev–Trinajstić information content (AvgIpc) is 2.58. The van der Waals surface area contributed by atoms with Crippen LogP contribution in [0.5, 0.6) is 0 Å². The van der Waals surface area contributed by atoms with E-state index in [1.807, 2.05) is 0 Å². The van der Waals surface area contributed by atoms with Gasteiger partial charge in [-0.1, -0.05) is 18.6 Å². The first-order chi connectivity index (χ1) is 11.6. The molecular formula is C19H25N3OS. The SMILES string of the molecule is CCC(C)N=C1Sc2nc3ccc(C)cc3cc2CN1CCOC. The number of ether oxygens (including phenoxy) is 1. The molecule has 1 aliphatic rings. The number of thioether (sulfide) groups is 1. The summed E-state index contributed by atoms with van der Waals surface area (Å²) in [7, 11) is 1.74. The minimum absolute atomic E-state index is 0.321. The van der Waals surface area contributed by atoms with Crippen molar-refractivity contribution in [2.75, 3.05) is 20.3 Å². The second-order valence-electron chi connectivity index (χ2n) is 6.33. The Morgan fingerprint density at radius 1 is 1.38 bits per heavy atom. The van der Waals surface area contributed by atoms with Crippen LogP contribution in [0, 0.1) is 6.92 Å². The molecule has 0 spiro atoms. The van der Waals surface area contributed by atoms with Crippen molar-refractivity contribution < 1.29 is 4.74 Å². The molecule has 0 saturated carbocycles. The minimum Gasteiger partial charge on any atom is -0.383 e. The molecule has 4 nitrogen and oxygen atoms in total. The summed E-state index contributed by atoms with van der Waals surface area (Å²) in [5, 5.41) is 3.36. The van der Waals surface area contributed by atoms with E-state index in [2.05, 4.69) is 49.9 Å². The van der Waals surface area contributed by atoms with Crippen LogP contribution in [0.2, 0.25) is 0 Å². The van der Waals surface area contributed by atoms with Crippen molar-refractivity contribution in [2.45, 2.75) is 44.8 Å². The molecule has 0 N–H and O–H groups in total. The molecule has 0 aliphatic carbocycles. The smallest absolute Gasteiger partial charge is 0.166 e. The molecular weight excluding hydrogens is 318 g/mol. The molecule has 0 bridgehead atoms. The van der Waals surface area contributed by atoms with Crippen molar-refractivity contribution in [1.82, 2.24) is 9.88 Å². The molecule has 1 aromatic heterocycles. The van der Waals surface area contributed by atoms with Crippen LogP contribution in [0.3, 0.4) is 0 Å². The van der Waals surface area contributed by atoms with E-state index < -0.39 is 0 Å². The van der Waals surface area contributed by atoms with Gasteiger partial charge in [0.25, 0.3) is 0 Å². The quantitative estimate of drug-likeness (QED) is 0.813. The van der Waals surface area contributed by atoms with E-state index in [-0.39, 0.29) is 0 Å². The highest BCUT2D eigenvalue weighted by Gasteiger charge is 2.24. The molecule has 3 rings (SSSR count). The Bertz CT molecular complexity index is 760. The summed E-state index contributed by atoms with van der Waals surface area (Å²) < 4.78 is 5.28. The number of amidine groups is 1. The third-order valence-corrected chi connectivity index (χ3v) is 5.41. The Hall–Kier alpha value is -1.59. The van der Waals surface area contributed by atoms with Crippen molar-refractivity contribution in [3.63, 3.8) is 0 Å². The maximum absolute atomic E-state index is 5.28. The number of nitrogens with zero attached hydrogens (tertiary/aromatic N) is 3. The highest BCUT2D eigenvalue weighted by atomic mass is 32.2. The zero-order chi connectivity index (χ0) is 17.1. The Morgan fingerprint density at radius 3 is 2.96 bits per heavy atom. The second kappa shape index (κ2) is 7.53. The van der Waals surface area contributed by atoms with Crippen molar-refractivity contribution in [3.8, 4) is 0 Å². The van der Waals surface area contributed by atoms with Crippen molar-refractivity contribution in [3.05, 3.63) is 35.4 Å². The maximum Gasteiger partial charge on any atom is 0.166 e. The first-order valence-corrected chi connectivity index (χ1v) is 9.32. The number of methoxy groups -OCH3 is 1. The lowest BCUT2D eigenvalue weighted by Crippen LogP contribution is -2.35. The van der Waals surface area contributed by atoms with E-state index in [0.29, 0.717) is 12.6 Å². The van der Waals surface area contributed by atoms with Gasteiger partial charge in [0, 0.05) is 37.2 Å². The largest absolute Gasteiger partial charge is 0.383 e. The molecule has 128 valence electrons. The van der Waals surface area contributed by atoms with Gasteiger partial charge in [0.2, 0.25) is 0 Å². The molecule has 24 heavy (non-hydrogen) atoms. The van der Waals surface area contributed by atoms with Gasteiger partial charge in [-0.2, -0.15) is 0 Å². The summed E-state index contributed by atoms with van der Waals surface area (Å²) in [6, 6.07) is 9.03. The Balaban J connectivity index is 1.98. The summed E-state index contributed by atoms with van der Waals surface area (Å²) in [4.78, 5) is 12.1. The van der Waals surface area contributed by atoms with Crippen LogP contribution in [0.25, 0.3) is 10.9 Å². The zero-order valence-electron chi connectivity index (χ0n) is 14.9. The van der Waals surface area contributed by atoms with E-state index in [9.17, 15) is 0 Å². The molecule has 0 radical (unpaired) electrons. The van der Waals surface area contributed by atoms with Gasteiger partial charge in [-0.15, -0.1) is 0 Å². The lowest BCUT2D eigenvalue weighted by Gasteiger charge is -2.31. The van der Waals surface area contributed by atoms with Crippen LogP contribution < -0.4 is 0 Å². The molecule has 1 aliphatic heterocycles. The monoisotopic (exact) mass is 343 g/mol. The van der Waals surface area contributed by atoms with Gasteiger partial charge in [0.15, 0.2) is 5.17 Å². The summed E-state index contributed by atoms with van der Waals surface area (Å²) in [6.45, 7) is 8.85. The number of rotatable bonds is 5. The third kappa shape index (κ3) is 3.73. The Labute approximate surface area is 148 Å². The normalized spacial score (nSPS) is 17.3. The maximum atomic E-state index is 5.28. The van der Waals surface area contributed by atoms with Crippen LogP contribution >= 0.6 is 11.8 Å². The second-order valence-corrected chi connectivity index (χ2v) is 7.29. The third-order valence-electron chi connectivity index (χ3n) is 4.32. The van der Waals surface area contributed by atoms with Gasteiger partial charge in [0.1, 0.15) is 5.03 Å². The van der Waals surface area contributed by atoms with Gasteiger partial charge in [-0.05, 0) is 50.2 Å². The summed E-state index contributed by atoms with van der Waals surface area (Å²) >= 11 is 1.69. The van der Waals surface area contributed by atoms with E-state index in [0.717, 1.165) is 35.2 Å². The first-order valence-electron chi connectivity index (χ1n) is 8.50. The highest BCUT2D eigenvalue weighted by Crippen LogP contribution is 2.33.